The Morgan fingerprint density at radius 1 is 1.23 bits per heavy atom. The Labute approximate surface area is 187 Å². The van der Waals surface area contributed by atoms with Crippen molar-refractivity contribution < 1.29 is 9.90 Å². The van der Waals surface area contributed by atoms with Crippen molar-refractivity contribution in [3.8, 4) is 0 Å². The maximum atomic E-state index is 11.6. The Bertz CT molecular complexity index is 923. The molecule has 30 heavy (non-hydrogen) atoms. The highest BCUT2D eigenvalue weighted by molar-refractivity contribution is 9.10. The van der Waals surface area contributed by atoms with E-state index in [-0.39, 0.29) is 11.3 Å². The lowest BCUT2D eigenvalue weighted by atomic mass is 9.65. The second-order valence-corrected chi connectivity index (χ2v) is 10.5. The molecular formula is C25H31BrN2O2. The second kappa shape index (κ2) is 8.10. The molecule has 3 N–H and O–H groups in total. The van der Waals surface area contributed by atoms with Gasteiger partial charge in [-0.1, -0.05) is 54.0 Å². The smallest absolute Gasteiger partial charge is 0.248 e. The highest BCUT2D eigenvalue weighted by Crippen LogP contribution is 2.46. The van der Waals surface area contributed by atoms with E-state index in [4.69, 9.17) is 5.73 Å². The second-order valence-electron chi connectivity index (χ2n) is 9.63. The van der Waals surface area contributed by atoms with Crippen LogP contribution in [0.15, 0.2) is 53.0 Å². The van der Waals surface area contributed by atoms with E-state index in [0.717, 1.165) is 43.4 Å². The number of benzene rings is 2. The molecule has 0 radical (unpaired) electrons. The maximum absolute atomic E-state index is 11.6. The van der Waals surface area contributed by atoms with Crippen LogP contribution >= 0.6 is 15.9 Å². The average molecular weight is 471 g/mol. The summed E-state index contributed by atoms with van der Waals surface area (Å²) in [5.41, 5.74) is 7.98. The molecular weight excluding hydrogens is 440 g/mol. The summed E-state index contributed by atoms with van der Waals surface area (Å²) in [4.78, 5) is 14.0. The highest BCUT2D eigenvalue weighted by Gasteiger charge is 2.46. The number of piperidine rings is 1. The molecule has 160 valence electrons. The molecule has 0 aromatic heterocycles. The number of halogens is 1. The molecule has 5 heteroatoms. The van der Waals surface area contributed by atoms with Gasteiger partial charge in [0.05, 0.1) is 5.60 Å². The van der Waals surface area contributed by atoms with Crippen molar-refractivity contribution in [2.45, 2.75) is 50.0 Å². The Morgan fingerprint density at radius 2 is 1.93 bits per heavy atom. The number of β-amino-alcohol motifs (C(OH)–C–C–N with tert-alkyl or cyclic N) is 1. The normalized spacial score (nSPS) is 31.9. The molecule has 1 saturated heterocycles. The van der Waals surface area contributed by atoms with Crippen LogP contribution in [0.4, 0.5) is 0 Å². The lowest BCUT2D eigenvalue weighted by Crippen LogP contribution is -2.56. The van der Waals surface area contributed by atoms with E-state index in [0.29, 0.717) is 17.4 Å². The van der Waals surface area contributed by atoms with Crippen LogP contribution in [0.25, 0.3) is 0 Å². The van der Waals surface area contributed by atoms with Gasteiger partial charge in [-0.15, -0.1) is 0 Å². The molecule has 0 spiro atoms. The first-order valence-electron chi connectivity index (χ1n) is 10.8. The van der Waals surface area contributed by atoms with E-state index in [1.54, 1.807) is 6.07 Å². The zero-order valence-corrected chi connectivity index (χ0v) is 19.4. The SMILES string of the molecule is C[C@@H]1CN(CC2(O)CC(c3ccc(Br)cc3)C2)CC[C@]1(C)c1cccc(C(N)=O)c1. The van der Waals surface area contributed by atoms with Crippen LogP contribution in [0.3, 0.4) is 0 Å². The third kappa shape index (κ3) is 4.20. The van der Waals surface area contributed by atoms with E-state index < -0.39 is 5.60 Å². The van der Waals surface area contributed by atoms with Gasteiger partial charge in [-0.25, -0.2) is 0 Å². The van der Waals surface area contributed by atoms with Gasteiger partial charge < -0.3 is 15.7 Å². The Morgan fingerprint density at radius 3 is 2.57 bits per heavy atom. The number of likely N-dealkylation sites (tertiary alicyclic amines) is 1. The number of hydrogen-bond acceptors (Lipinski definition) is 3. The summed E-state index contributed by atoms with van der Waals surface area (Å²) in [5, 5.41) is 11.1. The van der Waals surface area contributed by atoms with Crippen molar-refractivity contribution in [3.63, 3.8) is 0 Å². The monoisotopic (exact) mass is 470 g/mol. The fraction of sp³-hybridized carbons (Fsp3) is 0.480. The van der Waals surface area contributed by atoms with Gasteiger partial charge in [0.2, 0.25) is 5.91 Å². The molecule has 2 aromatic carbocycles. The summed E-state index contributed by atoms with van der Waals surface area (Å²) in [6, 6.07) is 16.2. The lowest BCUT2D eigenvalue weighted by molar-refractivity contribution is -0.0815. The summed E-state index contributed by atoms with van der Waals surface area (Å²) < 4.78 is 1.09. The number of nitrogens with two attached hydrogens (primary N) is 1. The van der Waals surface area contributed by atoms with Gasteiger partial charge >= 0.3 is 0 Å². The molecule has 2 aliphatic rings. The number of rotatable bonds is 5. The molecule has 1 heterocycles. The lowest BCUT2D eigenvalue weighted by Gasteiger charge is -2.50. The molecule has 4 nitrogen and oxygen atoms in total. The van der Waals surface area contributed by atoms with Gasteiger partial charge in [0.1, 0.15) is 0 Å². The third-order valence-corrected chi connectivity index (χ3v) is 8.01. The summed E-state index contributed by atoms with van der Waals surface area (Å²) in [6.07, 6.45) is 2.66. The van der Waals surface area contributed by atoms with Crippen molar-refractivity contribution in [1.82, 2.24) is 4.90 Å². The predicted octanol–water partition coefficient (Wildman–Crippen LogP) is 4.46. The molecule has 0 bridgehead atoms. The number of carbonyl (C=O) groups is 1. The van der Waals surface area contributed by atoms with Crippen molar-refractivity contribution in [2.75, 3.05) is 19.6 Å². The molecule has 1 amide bonds. The number of carbonyl (C=O) groups excluding carboxylic acids is 1. The molecule has 1 saturated carbocycles. The first-order valence-corrected chi connectivity index (χ1v) is 11.6. The van der Waals surface area contributed by atoms with Gasteiger partial charge in [0.25, 0.3) is 0 Å². The van der Waals surface area contributed by atoms with E-state index >= 15 is 0 Å². The Kier molecular flexibility index (Phi) is 5.82. The zero-order chi connectivity index (χ0) is 21.5. The van der Waals surface area contributed by atoms with Crippen LogP contribution in [0.5, 0.6) is 0 Å². The van der Waals surface area contributed by atoms with Crippen LogP contribution in [0, 0.1) is 5.92 Å². The van der Waals surface area contributed by atoms with Gasteiger partial charge in [-0.2, -0.15) is 0 Å². The van der Waals surface area contributed by atoms with Crippen LogP contribution in [-0.4, -0.2) is 41.1 Å². The quantitative estimate of drug-likeness (QED) is 0.677. The Balaban J connectivity index is 1.37. The number of aliphatic hydroxyl groups is 1. The number of hydrogen-bond donors (Lipinski definition) is 2. The van der Waals surface area contributed by atoms with Crippen molar-refractivity contribution in [1.29, 1.82) is 0 Å². The first-order chi connectivity index (χ1) is 14.2. The molecule has 2 atom stereocenters. The number of nitrogens with zero attached hydrogens (tertiary/aromatic N) is 1. The standard InChI is InChI=1S/C25H31BrN2O2/c1-17-15-28(11-10-24(17,2)21-5-3-4-19(12-21)23(27)29)16-25(30)13-20(14-25)18-6-8-22(26)9-7-18/h3-9,12,17,20,30H,10-11,13-16H2,1-2H3,(H2,27,29)/t17-,20?,24+,25?/m1/s1. The van der Waals surface area contributed by atoms with Gasteiger partial charge in [0.15, 0.2) is 0 Å². The molecule has 2 aromatic rings. The molecule has 1 aliphatic carbocycles. The summed E-state index contributed by atoms with van der Waals surface area (Å²) in [6.45, 7) is 7.20. The topological polar surface area (TPSA) is 66.6 Å². The van der Waals surface area contributed by atoms with Gasteiger partial charge in [-0.05, 0) is 78.5 Å². The van der Waals surface area contributed by atoms with Crippen LogP contribution in [0.2, 0.25) is 0 Å². The van der Waals surface area contributed by atoms with Gasteiger partial charge in [-0.3, -0.25) is 4.79 Å². The zero-order valence-electron chi connectivity index (χ0n) is 17.8. The van der Waals surface area contributed by atoms with Crippen LogP contribution < -0.4 is 5.73 Å². The van der Waals surface area contributed by atoms with E-state index in [1.165, 1.54) is 11.1 Å². The molecule has 4 rings (SSSR count). The van der Waals surface area contributed by atoms with Crippen LogP contribution in [-0.2, 0) is 5.41 Å². The van der Waals surface area contributed by atoms with E-state index in [2.05, 4.69) is 65.0 Å². The summed E-state index contributed by atoms with van der Waals surface area (Å²) in [7, 11) is 0. The summed E-state index contributed by atoms with van der Waals surface area (Å²) in [5.74, 6) is 0.491. The average Bonchev–Trinajstić information content (AvgIpc) is 2.70. The van der Waals surface area contributed by atoms with Gasteiger partial charge in [0, 0.05) is 23.1 Å². The maximum Gasteiger partial charge on any atom is 0.248 e. The minimum Gasteiger partial charge on any atom is -0.389 e. The molecule has 2 fully saturated rings. The fourth-order valence-corrected chi connectivity index (χ4v) is 5.55. The number of primary amides is 1. The van der Waals surface area contributed by atoms with Crippen molar-refractivity contribution >= 4 is 21.8 Å². The van der Waals surface area contributed by atoms with Crippen molar-refractivity contribution in [3.05, 3.63) is 69.7 Å². The third-order valence-electron chi connectivity index (χ3n) is 7.49. The first kappa shape index (κ1) is 21.5. The molecule has 1 aliphatic heterocycles. The van der Waals surface area contributed by atoms with E-state index in [1.807, 2.05) is 12.1 Å². The van der Waals surface area contributed by atoms with Crippen molar-refractivity contribution in [2.24, 2.45) is 11.7 Å². The summed E-state index contributed by atoms with van der Waals surface area (Å²) >= 11 is 3.49. The van der Waals surface area contributed by atoms with E-state index in [9.17, 15) is 9.90 Å². The minimum absolute atomic E-state index is 0.00412. The van der Waals surface area contributed by atoms with Crippen LogP contribution in [0.1, 0.15) is 60.5 Å². The fourth-order valence-electron chi connectivity index (χ4n) is 5.29. The number of amides is 1. The minimum atomic E-state index is -0.586. The largest absolute Gasteiger partial charge is 0.389 e. The highest BCUT2D eigenvalue weighted by atomic mass is 79.9. The Hall–Kier alpha value is -1.69. The molecule has 0 unspecified atom stereocenters. The predicted molar refractivity (Wildman–Crippen MR) is 124 cm³/mol.